The molecule has 2 nitrogen and oxygen atoms in total. The molecular formula is C13H9ClF3NO. The van der Waals surface area contributed by atoms with E-state index in [1.165, 1.54) is 24.3 Å². The molecule has 0 aliphatic heterocycles. The normalized spacial score (nSPS) is 13.3. The van der Waals surface area contributed by atoms with Gasteiger partial charge in [0.15, 0.2) is 0 Å². The van der Waals surface area contributed by atoms with Crippen LogP contribution in [0.4, 0.5) is 13.2 Å². The van der Waals surface area contributed by atoms with E-state index in [-0.39, 0.29) is 5.56 Å². The molecule has 2 aromatic rings. The van der Waals surface area contributed by atoms with Crippen molar-refractivity contribution in [2.75, 3.05) is 0 Å². The summed E-state index contributed by atoms with van der Waals surface area (Å²) in [5, 5.41) is 10.5. The van der Waals surface area contributed by atoms with Crippen molar-refractivity contribution >= 4 is 11.6 Å². The van der Waals surface area contributed by atoms with Gasteiger partial charge >= 0.3 is 6.18 Å². The van der Waals surface area contributed by atoms with E-state index in [0.717, 1.165) is 18.5 Å². The lowest BCUT2D eigenvalue weighted by molar-refractivity contribution is -0.139. The van der Waals surface area contributed by atoms with Crippen LogP contribution in [0.1, 0.15) is 22.8 Å². The number of aromatic nitrogens is 1. The van der Waals surface area contributed by atoms with Gasteiger partial charge in [0.2, 0.25) is 0 Å². The number of aliphatic hydroxyl groups is 1. The SMILES string of the molecule is OC(c1ccc(Cl)cc1)c1cnccc1C(F)(F)F. The summed E-state index contributed by atoms with van der Waals surface area (Å²) in [4.78, 5) is 3.64. The molecule has 0 amide bonds. The van der Waals surface area contributed by atoms with Crippen molar-refractivity contribution in [3.05, 3.63) is 64.4 Å². The molecule has 0 bridgehead atoms. The monoisotopic (exact) mass is 287 g/mol. The summed E-state index contributed by atoms with van der Waals surface area (Å²) < 4.78 is 38.5. The number of hydrogen-bond acceptors (Lipinski definition) is 2. The fraction of sp³-hybridized carbons (Fsp3) is 0.154. The van der Waals surface area contributed by atoms with E-state index >= 15 is 0 Å². The second-order valence-corrected chi connectivity index (χ2v) is 4.35. The van der Waals surface area contributed by atoms with Gasteiger partial charge in [-0.2, -0.15) is 13.2 Å². The highest BCUT2D eigenvalue weighted by Gasteiger charge is 2.35. The van der Waals surface area contributed by atoms with Gasteiger partial charge in [-0.25, -0.2) is 0 Å². The third kappa shape index (κ3) is 3.05. The molecule has 1 aromatic carbocycles. The highest BCUT2D eigenvalue weighted by atomic mass is 35.5. The molecule has 0 spiro atoms. The molecule has 0 radical (unpaired) electrons. The number of aliphatic hydroxyl groups excluding tert-OH is 1. The Kier molecular flexibility index (Phi) is 3.78. The summed E-state index contributed by atoms with van der Waals surface area (Å²) >= 11 is 5.69. The molecule has 1 N–H and O–H groups in total. The first-order valence-corrected chi connectivity index (χ1v) is 5.72. The molecule has 1 atom stereocenters. The molecule has 1 aromatic heterocycles. The minimum atomic E-state index is -4.54. The molecule has 1 heterocycles. The van der Waals surface area contributed by atoms with Gasteiger partial charge in [-0.1, -0.05) is 23.7 Å². The van der Waals surface area contributed by atoms with Crippen LogP contribution in [0.25, 0.3) is 0 Å². The maximum atomic E-state index is 12.8. The third-order valence-corrected chi connectivity index (χ3v) is 2.89. The molecule has 19 heavy (non-hydrogen) atoms. The number of nitrogens with zero attached hydrogens (tertiary/aromatic N) is 1. The number of rotatable bonds is 2. The molecule has 0 aliphatic carbocycles. The van der Waals surface area contributed by atoms with E-state index in [1.54, 1.807) is 0 Å². The van der Waals surface area contributed by atoms with Gasteiger partial charge in [0.05, 0.1) is 5.56 Å². The van der Waals surface area contributed by atoms with Crippen LogP contribution in [0.15, 0.2) is 42.7 Å². The smallest absolute Gasteiger partial charge is 0.384 e. The summed E-state index contributed by atoms with van der Waals surface area (Å²) in [6.07, 6.45) is -3.88. The maximum Gasteiger partial charge on any atom is 0.416 e. The van der Waals surface area contributed by atoms with Gasteiger partial charge in [-0.3, -0.25) is 4.98 Å². The predicted molar refractivity (Wildman–Crippen MR) is 64.8 cm³/mol. The van der Waals surface area contributed by atoms with Crippen molar-refractivity contribution in [1.82, 2.24) is 4.98 Å². The molecule has 6 heteroatoms. The Balaban J connectivity index is 2.44. The fourth-order valence-corrected chi connectivity index (χ4v) is 1.83. The van der Waals surface area contributed by atoms with Crippen LogP contribution in [-0.2, 0) is 6.18 Å². The Morgan fingerprint density at radius 3 is 2.32 bits per heavy atom. The molecule has 2 rings (SSSR count). The summed E-state index contributed by atoms with van der Waals surface area (Å²) in [5.41, 5.74) is -0.856. The average Bonchev–Trinajstić information content (AvgIpc) is 2.38. The Hall–Kier alpha value is -1.59. The summed E-state index contributed by atoms with van der Waals surface area (Å²) in [5.74, 6) is 0. The summed E-state index contributed by atoms with van der Waals surface area (Å²) in [6.45, 7) is 0. The fourth-order valence-electron chi connectivity index (χ4n) is 1.71. The van der Waals surface area contributed by atoms with Crippen LogP contribution in [0, 0.1) is 0 Å². The summed E-state index contributed by atoms with van der Waals surface area (Å²) in [6, 6.07) is 6.79. The van der Waals surface area contributed by atoms with Crippen molar-refractivity contribution in [2.45, 2.75) is 12.3 Å². The second-order valence-electron chi connectivity index (χ2n) is 3.91. The van der Waals surface area contributed by atoms with Crippen molar-refractivity contribution in [1.29, 1.82) is 0 Å². The Morgan fingerprint density at radius 1 is 1.11 bits per heavy atom. The van der Waals surface area contributed by atoms with Crippen LogP contribution in [0.2, 0.25) is 5.02 Å². The molecule has 100 valence electrons. The molecular weight excluding hydrogens is 279 g/mol. The molecule has 0 fully saturated rings. The first-order chi connectivity index (χ1) is 8.89. The highest BCUT2D eigenvalue weighted by molar-refractivity contribution is 6.30. The number of hydrogen-bond donors (Lipinski definition) is 1. The van der Waals surface area contributed by atoms with Gasteiger partial charge in [-0.05, 0) is 23.8 Å². The summed E-state index contributed by atoms with van der Waals surface area (Å²) in [7, 11) is 0. The topological polar surface area (TPSA) is 33.1 Å². The predicted octanol–water partition coefficient (Wildman–Crippen LogP) is 3.84. The van der Waals surface area contributed by atoms with Crippen molar-refractivity contribution in [3.8, 4) is 0 Å². The maximum absolute atomic E-state index is 12.8. The lowest BCUT2D eigenvalue weighted by Gasteiger charge is -2.17. The molecule has 0 saturated heterocycles. The number of pyridine rings is 1. The van der Waals surface area contributed by atoms with E-state index in [0.29, 0.717) is 10.6 Å². The number of halogens is 4. The molecule has 1 unspecified atom stereocenters. The number of alkyl halides is 3. The Bertz CT molecular complexity index is 569. The minimum absolute atomic E-state index is 0.280. The third-order valence-electron chi connectivity index (χ3n) is 2.64. The first kappa shape index (κ1) is 13.8. The van der Waals surface area contributed by atoms with Gasteiger partial charge in [0, 0.05) is 23.0 Å². The van der Waals surface area contributed by atoms with E-state index in [2.05, 4.69) is 4.98 Å². The van der Waals surface area contributed by atoms with Crippen molar-refractivity contribution in [2.24, 2.45) is 0 Å². The minimum Gasteiger partial charge on any atom is -0.384 e. The standard InChI is InChI=1S/C13H9ClF3NO/c14-9-3-1-8(2-4-9)12(19)10-7-18-6-5-11(10)13(15,16)17/h1-7,12,19H. The van der Waals surface area contributed by atoms with E-state index in [9.17, 15) is 18.3 Å². The average molecular weight is 288 g/mol. The van der Waals surface area contributed by atoms with Crippen molar-refractivity contribution in [3.63, 3.8) is 0 Å². The second kappa shape index (κ2) is 5.19. The van der Waals surface area contributed by atoms with Gasteiger partial charge in [0.25, 0.3) is 0 Å². The van der Waals surface area contributed by atoms with Crippen LogP contribution < -0.4 is 0 Å². The largest absolute Gasteiger partial charge is 0.416 e. The van der Waals surface area contributed by atoms with Crippen LogP contribution in [-0.4, -0.2) is 10.1 Å². The molecule has 0 saturated carbocycles. The van der Waals surface area contributed by atoms with E-state index in [1.807, 2.05) is 0 Å². The number of benzene rings is 1. The highest BCUT2D eigenvalue weighted by Crippen LogP contribution is 2.36. The molecule has 0 aliphatic rings. The lowest BCUT2D eigenvalue weighted by atomic mass is 9.98. The van der Waals surface area contributed by atoms with Crippen LogP contribution >= 0.6 is 11.6 Å². The lowest BCUT2D eigenvalue weighted by Crippen LogP contribution is -2.13. The van der Waals surface area contributed by atoms with E-state index in [4.69, 9.17) is 11.6 Å². The van der Waals surface area contributed by atoms with Crippen molar-refractivity contribution < 1.29 is 18.3 Å². The van der Waals surface area contributed by atoms with E-state index < -0.39 is 17.8 Å². The van der Waals surface area contributed by atoms with Gasteiger partial charge in [0.1, 0.15) is 6.10 Å². The Labute approximate surface area is 112 Å². The zero-order valence-corrected chi connectivity index (χ0v) is 10.3. The van der Waals surface area contributed by atoms with Crippen LogP contribution in [0.5, 0.6) is 0 Å². The zero-order valence-electron chi connectivity index (χ0n) is 9.53. The first-order valence-electron chi connectivity index (χ1n) is 5.34. The zero-order chi connectivity index (χ0) is 14.0. The quantitative estimate of drug-likeness (QED) is 0.910. The Morgan fingerprint density at radius 2 is 1.74 bits per heavy atom. The van der Waals surface area contributed by atoms with Gasteiger partial charge < -0.3 is 5.11 Å². The van der Waals surface area contributed by atoms with Gasteiger partial charge in [-0.15, -0.1) is 0 Å². The van der Waals surface area contributed by atoms with Crippen LogP contribution in [0.3, 0.4) is 0 Å².